The summed E-state index contributed by atoms with van der Waals surface area (Å²) >= 11 is 0. The molecule has 2 rings (SSSR count). The number of hydrogen-bond acceptors (Lipinski definition) is 5. The number of ether oxygens (including phenoxy) is 1. The lowest BCUT2D eigenvalue weighted by Crippen LogP contribution is -2.48. The van der Waals surface area contributed by atoms with E-state index in [2.05, 4.69) is 4.90 Å². The van der Waals surface area contributed by atoms with Gasteiger partial charge in [-0.3, -0.25) is 9.80 Å². The van der Waals surface area contributed by atoms with E-state index in [1.807, 2.05) is 0 Å². The van der Waals surface area contributed by atoms with Crippen LogP contribution >= 0.6 is 0 Å². The van der Waals surface area contributed by atoms with E-state index in [1.54, 1.807) is 20.8 Å². The van der Waals surface area contributed by atoms with Gasteiger partial charge in [0, 0.05) is 12.6 Å². The second-order valence-corrected chi connectivity index (χ2v) is 6.95. The summed E-state index contributed by atoms with van der Waals surface area (Å²) < 4.78 is 5.32. The molecule has 2 fully saturated rings. The number of carbonyl (C=O) groups is 2. The van der Waals surface area contributed by atoms with Crippen molar-refractivity contribution in [3.05, 3.63) is 0 Å². The van der Waals surface area contributed by atoms with E-state index in [0.29, 0.717) is 13.0 Å². The Morgan fingerprint density at radius 1 is 1.14 bits per heavy atom. The molecule has 0 aliphatic carbocycles. The molecule has 0 saturated carbocycles. The first kappa shape index (κ1) is 16.1. The zero-order valence-electron chi connectivity index (χ0n) is 13.1. The number of aliphatic carboxylic acids is 1. The van der Waals surface area contributed by atoms with Gasteiger partial charge in [0.1, 0.15) is 5.60 Å². The maximum atomic E-state index is 12.2. The summed E-state index contributed by atoms with van der Waals surface area (Å²) in [4.78, 5) is 27.1. The largest absolute Gasteiger partial charge is 0.548 e. The first-order chi connectivity index (χ1) is 9.78. The van der Waals surface area contributed by atoms with E-state index < -0.39 is 23.7 Å². The quantitative estimate of drug-likeness (QED) is 0.746. The summed E-state index contributed by atoms with van der Waals surface area (Å²) in [6.07, 6.45) is 3.37. The minimum Gasteiger partial charge on any atom is -0.548 e. The van der Waals surface area contributed by atoms with Crippen molar-refractivity contribution in [2.75, 3.05) is 19.6 Å². The van der Waals surface area contributed by atoms with Crippen molar-refractivity contribution in [2.45, 2.75) is 64.1 Å². The van der Waals surface area contributed by atoms with Crippen molar-refractivity contribution >= 4 is 12.1 Å². The molecule has 0 spiro atoms. The topological polar surface area (TPSA) is 72.9 Å². The molecule has 120 valence electrons. The van der Waals surface area contributed by atoms with Crippen LogP contribution in [-0.4, -0.2) is 59.2 Å². The summed E-state index contributed by atoms with van der Waals surface area (Å²) in [5.41, 5.74) is -0.628. The molecule has 1 amide bonds. The van der Waals surface area contributed by atoms with Gasteiger partial charge in [-0.1, -0.05) is 6.42 Å². The average Bonchev–Trinajstić information content (AvgIpc) is 2.83. The van der Waals surface area contributed by atoms with Crippen LogP contribution < -0.4 is 5.11 Å². The Balaban J connectivity index is 2.04. The van der Waals surface area contributed by atoms with Crippen LogP contribution in [0.1, 0.15) is 46.5 Å². The second-order valence-electron chi connectivity index (χ2n) is 6.95. The van der Waals surface area contributed by atoms with Crippen molar-refractivity contribution in [1.29, 1.82) is 0 Å². The molecule has 1 unspecified atom stereocenters. The average molecular weight is 297 g/mol. The highest BCUT2D eigenvalue weighted by Gasteiger charge is 2.40. The molecule has 2 saturated heterocycles. The Morgan fingerprint density at radius 2 is 1.76 bits per heavy atom. The number of carboxylic acids is 1. The zero-order chi connectivity index (χ0) is 15.6. The molecule has 0 N–H and O–H groups in total. The standard InChI is InChI=1S/C15H26N2O4/c1-15(2,3)21-14(20)17-10-11(9-12(17)13(18)19)16-7-5-4-6-8-16/h11-12H,4-10H2,1-3H3,(H,18,19)/p-1/t11?,12-/m1/s1. The Kier molecular flexibility index (Phi) is 4.76. The minimum absolute atomic E-state index is 0.0979. The van der Waals surface area contributed by atoms with E-state index >= 15 is 0 Å². The number of hydrogen-bond donors (Lipinski definition) is 0. The molecule has 0 aromatic carbocycles. The van der Waals surface area contributed by atoms with Gasteiger partial charge in [-0.25, -0.2) is 4.79 Å². The fraction of sp³-hybridized carbons (Fsp3) is 0.867. The van der Waals surface area contributed by atoms with E-state index in [4.69, 9.17) is 4.74 Å². The monoisotopic (exact) mass is 297 g/mol. The van der Waals surface area contributed by atoms with Gasteiger partial charge in [-0.15, -0.1) is 0 Å². The van der Waals surface area contributed by atoms with E-state index in [-0.39, 0.29) is 6.04 Å². The van der Waals surface area contributed by atoms with Crippen LogP contribution in [0.15, 0.2) is 0 Å². The van der Waals surface area contributed by atoms with E-state index in [0.717, 1.165) is 25.9 Å². The van der Waals surface area contributed by atoms with Crippen molar-refractivity contribution in [2.24, 2.45) is 0 Å². The Bertz CT molecular complexity index is 399. The minimum atomic E-state index is -1.19. The van der Waals surface area contributed by atoms with Crippen molar-refractivity contribution in [1.82, 2.24) is 9.80 Å². The number of likely N-dealkylation sites (tertiary alicyclic amines) is 2. The predicted octanol–water partition coefficient (Wildman–Crippen LogP) is 0.600. The maximum absolute atomic E-state index is 12.2. The number of piperidine rings is 1. The number of amides is 1. The van der Waals surface area contributed by atoms with Crippen LogP contribution in [0.4, 0.5) is 4.79 Å². The van der Waals surface area contributed by atoms with Crippen LogP contribution in [0.3, 0.4) is 0 Å². The number of carbonyl (C=O) groups excluding carboxylic acids is 2. The van der Waals surface area contributed by atoms with Crippen LogP contribution in [0.5, 0.6) is 0 Å². The van der Waals surface area contributed by atoms with Crippen molar-refractivity contribution < 1.29 is 19.4 Å². The number of carboxylic acid groups (broad SMARTS) is 1. The molecule has 2 aliphatic heterocycles. The van der Waals surface area contributed by atoms with Crippen molar-refractivity contribution in [3.8, 4) is 0 Å². The lowest BCUT2D eigenvalue weighted by Gasteiger charge is -2.32. The van der Waals surface area contributed by atoms with Gasteiger partial charge >= 0.3 is 6.09 Å². The number of rotatable bonds is 2. The van der Waals surface area contributed by atoms with Gasteiger partial charge in [-0.2, -0.15) is 0 Å². The molecule has 2 heterocycles. The third-order valence-corrected chi connectivity index (χ3v) is 4.09. The zero-order valence-corrected chi connectivity index (χ0v) is 13.1. The molecule has 0 radical (unpaired) electrons. The summed E-state index contributed by atoms with van der Waals surface area (Å²) in [6.45, 7) is 7.69. The summed E-state index contributed by atoms with van der Waals surface area (Å²) in [6, 6.07) is -0.785. The summed E-state index contributed by atoms with van der Waals surface area (Å²) in [7, 11) is 0. The van der Waals surface area contributed by atoms with Gasteiger partial charge in [-0.05, 0) is 53.1 Å². The van der Waals surface area contributed by atoms with E-state index in [9.17, 15) is 14.7 Å². The molecule has 6 heteroatoms. The van der Waals surface area contributed by atoms with Crippen LogP contribution in [0.2, 0.25) is 0 Å². The normalized spacial score (nSPS) is 27.7. The molecule has 6 nitrogen and oxygen atoms in total. The number of nitrogens with zero attached hydrogens (tertiary/aromatic N) is 2. The lowest BCUT2D eigenvalue weighted by atomic mass is 10.1. The molecule has 2 atom stereocenters. The molecular weight excluding hydrogens is 272 g/mol. The Hall–Kier alpha value is -1.30. The fourth-order valence-electron chi connectivity index (χ4n) is 3.11. The molecule has 0 bridgehead atoms. The van der Waals surface area contributed by atoms with Gasteiger partial charge < -0.3 is 14.6 Å². The predicted molar refractivity (Wildman–Crippen MR) is 75.6 cm³/mol. The summed E-state index contributed by atoms with van der Waals surface area (Å²) in [5, 5.41) is 11.3. The highest BCUT2D eigenvalue weighted by molar-refractivity contribution is 5.79. The van der Waals surface area contributed by atoms with Crippen molar-refractivity contribution in [3.63, 3.8) is 0 Å². The first-order valence-electron chi connectivity index (χ1n) is 7.72. The SMILES string of the molecule is CC(C)(C)OC(=O)N1CC(N2CCCCC2)C[C@@H]1C(=O)[O-]. The maximum Gasteiger partial charge on any atom is 0.410 e. The van der Waals surface area contributed by atoms with Gasteiger partial charge in [0.15, 0.2) is 0 Å². The first-order valence-corrected chi connectivity index (χ1v) is 7.72. The third kappa shape index (κ3) is 4.09. The summed E-state index contributed by atoms with van der Waals surface area (Å²) in [5.74, 6) is -1.19. The third-order valence-electron chi connectivity index (χ3n) is 4.09. The lowest BCUT2D eigenvalue weighted by molar-refractivity contribution is -0.310. The van der Waals surface area contributed by atoms with Gasteiger partial charge in [0.2, 0.25) is 0 Å². The fourth-order valence-corrected chi connectivity index (χ4v) is 3.11. The molecule has 0 aromatic rings. The highest BCUT2D eigenvalue weighted by atomic mass is 16.6. The van der Waals surface area contributed by atoms with Gasteiger partial charge in [0.25, 0.3) is 0 Å². The Morgan fingerprint density at radius 3 is 2.29 bits per heavy atom. The van der Waals surface area contributed by atoms with Crippen LogP contribution in [-0.2, 0) is 9.53 Å². The molecule has 21 heavy (non-hydrogen) atoms. The molecule has 0 aromatic heterocycles. The highest BCUT2D eigenvalue weighted by Crippen LogP contribution is 2.26. The van der Waals surface area contributed by atoms with E-state index in [1.165, 1.54) is 11.3 Å². The Labute approximate surface area is 126 Å². The molecular formula is C15H25N2O4-. The van der Waals surface area contributed by atoms with Gasteiger partial charge in [0.05, 0.1) is 12.0 Å². The van der Waals surface area contributed by atoms with Crippen LogP contribution in [0, 0.1) is 0 Å². The smallest absolute Gasteiger partial charge is 0.410 e. The second kappa shape index (κ2) is 6.22. The van der Waals surface area contributed by atoms with Crippen LogP contribution in [0.25, 0.3) is 0 Å². The molecule has 2 aliphatic rings.